The highest BCUT2D eigenvalue weighted by Crippen LogP contribution is 2.34. The molecule has 1 rings (SSSR count). The molecule has 0 bridgehead atoms. The van der Waals surface area contributed by atoms with Crippen LogP contribution >= 0.6 is 8.25 Å². The van der Waals surface area contributed by atoms with Gasteiger partial charge in [-0.2, -0.15) is 0 Å². The lowest BCUT2D eigenvalue weighted by atomic mass is 10.3. The zero-order valence-electron chi connectivity index (χ0n) is 4.95. The standard InChI is InChI=1S/C5H8O3P/c1-2-3-5-4-7-9(6)8-5/h2,5H,1,3-4H2. The molecule has 0 spiro atoms. The minimum atomic E-state index is -1.81. The van der Waals surface area contributed by atoms with Crippen LogP contribution in [0.3, 0.4) is 0 Å². The van der Waals surface area contributed by atoms with E-state index in [1.807, 2.05) is 0 Å². The Kier molecular flexibility index (Phi) is 2.34. The van der Waals surface area contributed by atoms with Crippen LogP contribution in [0.5, 0.6) is 0 Å². The van der Waals surface area contributed by atoms with Gasteiger partial charge >= 0.3 is 8.25 Å². The summed E-state index contributed by atoms with van der Waals surface area (Å²) in [6, 6.07) is 0. The zero-order chi connectivity index (χ0) is 6.69. The van der Waals surface area contributed by atoms with Gasteiger partial charge in [0.2, 0.25) is 0 Å². The molecule has 9 heavy (non-hydrogen) atoms. The molecule has 4 heteroatoms. The van der Waals surface area contributed by atoms with Gasteiger partial charge in [-0.3, -0.25) is 9.05 Å². The Morgan fingerprint density at radius 3 is 3.11 bits per heavy atom. The molecule has 1 radical (unpaired) electrons. The number of hydrogen-bond donors (Lipinski definition) is 0. The van der Waals surface area contributed by atoms with Crippen LogP contribution in [-0.4, -0.2) is 12.7 Å². The molecule has 0 N–H and O–H groups in total. The van der Waals surface area contributed by atoms with Gasteiger partial charge in [0.15, 0.2) is 0 Å². The second kappa shape index (κ2) is 3.06. The Morgan fingerprint density at radius 2 is 2.67 bits per heavy atom. The highest BCUT2D eigenvalue weighted by atomic mass is 31.1. The zero-order valence-corrected chi connectivity index (χ0v) is 5.84. The first-order valence-corrected chi connectivity index (χ1v) is 3.80. The summed E-state index contributed by atoms with van der Waals surface area (Å²) in [5, 5.41) is 0. The van der Waals surface area contributed by atoms with Crippen LogP contribution in [0, 0.1) is 0 Å². The third-order valence-corrected chi connectivity index (χ3v) is 1.86. The molecule has 1 saturated heterocycles. The summed E-state index contributed by atoms with van der Waals surface area (Å²) >= 11 is 0. The van der Waals surface area contributed by atoms with Crippen molar-refractivity contribution in [3.05, 3.63) is 12.7 Å². The minimum absolute atomic E-state index is 0.0360. The normalized spacial score (nSPS) is 30.7. The summed E-state index contributed by atoms with van der Waals surface area (Å²) in [7, 11) is -1.81. The SMILES string of the molecule is C=CCC1CO[P](=O)O1. The van der Waals surface area contributed by atoms with Crippen LogP contribution in [0.1, 0.15) is 6.42 Å². The maximum atomic E-state index is 10.4. The first-order chi connectivity index (χ1) is 4.33. The van der Waals surface area contributed by atoms with Crippen molar-refractivity contribution in [2.45, 2.75) is 12.5 Å². The van der Waals surface area contributed by atoms with Crippen molar-refractivity contribution < 1.29 is 13.6 Å². The average Bonchev–Trinajstić information content (AvgIpc) is 2.17. The largest absolute Gasteiger partial charge is 0.369 e. The first kappa shape index (κ1) is 6.87. The van der Waals surface area contributed by atoms with E-state index in [0.29, 0.717) is 13.0 Å². The Labute approximate surface area is 54.6 Å². The molecule has 1 aliphatic heterocycles. The minimum Gasteiger partial charge on any atom is -0.280 e. The van der Waals surface area contributed by atoms with E-state index in [-0.39, 0.29) is 6.10 Å². The van der Waals surface area contributed by atoms with Crippen LogP contribution < -0.4 is 0 Å². The molecule has 0 saturated carbocycles. The Balaban J connectivity index is 2.29. The van der Waals surface area contributed by atoms with Gasteiger partial charge in [-0.15, -0.1) is 6.58 Å². The van der Waals surface area contributed by atoms with Gasteiger partial charge in [-0.25, -0.2) is 4.57 Å². The van der Waals surface area contributed by atoms with Gasteiger partial charge in [-0.1, -0.05) is 6.08 Å². The molecule has 1 fully saturated rings. The van der Waals surface area contributed by atoms with E-state index >= 15 is 0 Å². The smallest absolute Gasteiger partial charge is 0.280 e. The molecule has 0 aromatic rings. The van der Waals surface area contributed by atoms with Crippen molar-refractivity contribution in [1.29, 1.82) is 0 Å². The highest BCUT2D eigenvalue weighted by molar-refractivity contribution is 7.33. The molecule has 3 nitrogen and oxygen atoms in total. The predicted molar refractivity (Wildman–Crippen MR) is 33.2 cm³/mol. The van der Waals surface area contributed by atoms with Crippen LogP contribution in [0.2, 0.25) is 0 Å². The van der Waals surface area contributed by atoms with Gasteiger partial charge < -0.3 is 0 Å². The number of rotatable bonds is 2. The van der Waals surface area contributed by atoms with Crippen molar-refractivity contribution in [1.82, 2.24) is 0 Å². The van der Waals surface area contributed by atoms with E-state index in [4.69, 9.17) is 4.52 Å². The molecule has 1 aliphatic rings. The third kappa shape index (κ3) is 1.86. The van der Waals surface area contributed by atoms with E-state index < -0.39 is 8.25 Å². The fraction of sp³-hybridized carbons (Fsp3) is 0.600. The van der Waals surface area contributed by atoms with E-state index in [1.165, 1.54) is 0 Å². The maximum Gasteiger partial charge on any atom is 0.369 e. The van der Waals surface area contributed by atoms with Gasteiger partial charge in [-0.05, 0) is 6.42 Å². The fourth-order valence-corrected chi connectivity index (χ4v) is 1.36. The molecule has 0 aromatic carbocycles. The van der Waals surface area contributed by atoms with Crippen molar-refractivity contribution in [2.24, 2.45) is 0 Å². The van der Waals surface area contributed by atoms with Gasteiger partial charge in [0, 0.05) is 0 Å². The van der Waals surface area contributed by atoms with Gasteiger partial charge in [0.05, 0.1) is 6.61 Å². The second-order valence-corrected chi connectivity index (χ2v) is 2.69. The van der Waals surface area contributed by atoms with E-state index in [9.17, 15) is 4.57 Å². The summed E-state index contributed by atoms with van der Waals surface area (Å²) in [5.41, 5.74) is 0. The quantitative estimate of drug-likeness (QED) is 0.440. The van der Waals surface area contributed by atoms with Crippen LogP contribution in [0.4, 0.5) is 0 Å². The lowest BCUT2D eigenvalue weighted by molar-refractivity contribution is 0.241. The van der Waals surface area contributed by atoms with E-state index in [1.54, 1.807) is 6.08 Å². The lowest BCUT2D eigenvalue weighted by Crippen LogP contribution is -2.05. The molecule has 2 atom stereocenters. The average molecular weight is 147 g/mol. The Hall–Kier alpha value is -0.240. The van der Waals surface area contributed by atoms with Gasteiger partial charge in [0.25, 0.3) is 0 Å². The van der Waals surface area contributed by atoms with E-state index in [2.05, 4.69) is 11.1 Å². The summed E-state index contributed by atoms with van der Waals surface area (Å²) < 4.78 is 19.9. The molecular formula is C5H8O3P. The van der Waals surface area contributed by atoms with Crippen molar-refractivity contribution in [3.63, 3.8) is 0 Å². The van der Waals surface area contributed by atoms with Crippen molar-refractivity contribution in [2.75, 3.05) is 6.61 Å². The monoisotopic (exact) mass is 147 g/mol. The highest BCUT2D eigenvalue weighted by Gasteiger charge is 2.21. The summed E-state index contributed by atoms with van der Waals surface area (Å²) in [4.78, 5) is 0. The third-order valence-electron chi connectivity index (χ3n) is 1.03. The van der Waals surface area contributed by atoms with Crippen LogP contribution in [0.25, 0.3) is 0 Å². The molecular weight excluding hydrogens is 139 g/mol. The summed E-state index contributed by atoms with van der Waals surface area (Å²) in [6.45, 7) is 3.95. The summed E-state index contributed by atoms with van der Waals surface area (Å²) in [5.74, 6) is 0. The maximum absolute atomic E-state index is 10.4. The molecule has 0 aliphatic carbocycles. The molecule has 0 amide bonds. The second-order valence-electron chi connectivity index (χ2n) is 1.77. The molecule has 1 heterocycles. The molecule has 51 valence electrons. The fourth-order valence-electron chi connectivity index (χ4n) is 0.624. The van der Waals surface area contributed by atoms with Crippen molar-refractivity contribution in [3.8, 4) is 0 Å². The van der Waals surface area contributed by atoms with Crippen LogP contribution in [-0.2, 0) is 13.6 Å². The molecule has 2 unspecified atom stereocenters. The summed E-state index contributed by atoms with van der Waals surface area (Å²) in [6.07, 6.45) is 2.40. The molecule has 0 aromatic heterocycles. The number of hydrogen-bond acceptors (Lipinski definition) is 3. The van der Waals surface area contributed by atoms with Gasteiger partial charge in [0.1, 0.15) is 6.10 Å². The van der Waals surface area contributed by atoms with Crippen LogP contribution in [0.15, 0.2) is 12.7 Å². The topological polar surface area (TPSA) is 35.5 Å². The lowest BCUT2D eigenvalue weighted by Gasteiger charge is -1.97. The predicted octanol–water partition coefficient (Wildman–Crippen LogP) is 1.64. The van der Waals surface area contributed by atoms with E-state index in [0.717, 1.165) is 0 Å². The Morgan fingerprint density at radius 1 is 1.89 bits per heavy atom. The van der Waals surface area contributed by atoms with Crippen molar-refractivity contribution >= 4 is 8.25 Å². The Bertz CT molecular complexity index is 134. The first-order valence-electron chi connectivity index (χ1n) is 2.71.